The Labute approximate surface area is 352 Å². The lowest BCUT2D eigenvalue weighted by atomic mass is 9.74. The molecule has 1 atom stereocenters. The lowest BCUT2D eigenvalue weighted by Crippen LogP contribution is -2.22. The lowest BCUT2D eigenvalue weighted by Gasteiger charge is -2.29. The van der Waals surface area contributed by atoms with Crippen LogP contribution < -0.4 is 0 Å². The summed E-state index contributed by atoms with van der Waals surface area (Å²) in [5, 5.41) is 10.6. The van der Waals surface area contributed by atoms with Crippen molar-refractivity contribution in [2.45, 2.75) is 170 Å². The fourth-order valence-corrected chi connectivity index (χ4v) is 11.3. The van der Waals surface area contributed by atoms with Crippen molar-refractivity contribution < 1.29 is 0 Å². The zero-order chi connectivity index (χ0) is 40.7. The number of aromatic nitrogens is 3. The average Bonchev–Trinajstić information content (AvgIpc) is 3.98. The molecule has 5 heteroatoms. The van der Waals surface area contributed by atoms with Gasteiger partial charge in [-0.1, -0.05) is 150 Å². The van der Waals surface area contributed by atoms with Gasteiger partial charge in [-0.15, -0.1) is 22.7 Å². The summed E-state index contributed by atoms with van der Waals surface area (Å²) in [6.45, 7) is 26.5. The summed E-state index contributed by atoms with van der Waals surface area (Å²) in [4.78, 5) is 7.29. The molecule has 3 nitrogen and oxygen atoms in total. The second kappa shape index (κ2) is 16.6. The number of hydrogen-bond donors (Lipinski definition) is 0. The first kappa shape index (κ1) is 41.6. The zero-order valence-electron chi connectivity index (χ0n) is 36.9. The second-order valence-electron chi connectivity index (χ2n) is 19.3. The first-order valence-corrected chi connectivity index (χ1v) is 23.7. The van der Waals surface area contributed by atoms with Crippen molar-refractivity contribution >= 4 is 33.7 Å². The number of thiophene rings is 2. The Balaban J connectivity index is 1.29. The maximum absolute atomic E-state index is 5.32. The summed E-state index contributed by atoms with van der Waals surface area (Å²) in [7, 11) is 0. The standard InChI is InChI=1S/C52H67N3S2/c1-12-14-16-18-19-21-31-55-53-48-46(34(3)35(4)47(49(48)54-55)44-28-29-45(57-44)51(8,9)10)43-27-26-42(56-43)36-22-24-38-39-25-23-37(50(5,6)7)33-41(39)52(11,40(38)32-36)30-20-17-15-13-2/h22-29,32-33H,12-21,30-31H2,1-11H3. The van der Waals surface area contributed by atoms with E-state index >= 15 is 0 Å². The van der Waals surface area contributed by atoms with Crippen LogP contribution in [-0.4, -0.2) is 15.0 Å². The summed E-state index contributed by atoms with van der Waals surface area (Å²) >= 11 is 3.82. The van der Waals surface area contributed by atoms with Crippen molar-refractivity contribution in [3.8, 4) is 42.4 Å². The molecular formula is C52H67N3S2. The number of nitrogens with zero attached hydrogens (tertiary/aromatic N) is 3. The van der Waals surface area contributed by atoms with Crippen LogP contribution in [0.2, 0.25) is 0 Å². The van der Waals surface area contributed by atoms with Crippen molar-refractivity contribution in [2.24, 2.45) is 0 Å². The Kier molecular flexibility index (Phi) is 12.1. The van der Waals surface area contributed by atoms with Crippen LogP contribution in [0, 0.1) is 13.8 Å². The normalized spacial score (nSPS) is 15.5. The smallest absolute Gasteiger partial charge is 0.122 e. The molecular weight excluding hydrogens is 731 g/mol. The van der Waals surface area contributed by atoms with Crippen LogP contribution in [0.25, 0.3) is 53.5 Å². The Hall–Kier alpha value is -3.54. The molecule has 6 aromatic rings. The number of rotatable bonds is 15. The van der Waals surface area contributed by atoms with E-state index in [1.165, 1.54) is 139 Å². The van der Waals surface area contributed by atoms with Crippen molar-refractivity contribution in [3.05, 3.63) is 93.4 Å². The summed E-state index contributed by atoms with van der Waals surface area (Å²) in [5.74, 6) is 0. The van der Waals surface area contributed by atoms with Crippen molar-refractivity contribution in [2.75, 3.05) is 0 Å². The molecule has 0 spiro atoms. The quantitative estimate of drug-likeness (QED) is 0.0969. The molecule has 0 aliphatic heterocycles. The molecule has 1 aliphatic carbocycles. The van der Waals surface area contributed by atoms with Crippen LogP contribution in [0.3, 0.4) is 0 Å². The van der Waals surface area contributed by atoms with Crippen LogP contribution in [0.5, 0.6) is 0 Å². The molecule has 0 amide bonds. The minimum absolute atomic E-state index is 0.00534. The van der Waals surface area contributed by atoms with Crippen molar-refractivity contribution in [1.29, 1.82) is 0 Å². The van der Waals surface area contributed by atoms with Crippen LogP contribution in [0.1, 0.15) is 166 Å². The van der Waals surface area contributed by atoms with Crippen LogP contribution >= 0.6 is 22.7 Å². The van der Waals surface area contributed by atoms with E-state index in [0.717, 1.165) is 24.0 Å². The summed E-state index contributed by atoms with van der Waals surface area (Å²) < 4.78 is 0. The van der Waals surface area contributed by atoms with Gasteiger partial charge in [0.15, 0.2) is 0 Å². The molecule has 3 aromatic heterocycles. The molecule has 1 aliphatic rings. The van der Waals surface area contributed by atoms with Gasteiger partial charge in [-0.3, -0.25) is 0 Å². The Morgan fingerprint density at radius 2 is 1.12 bits per heavy atom. The third-order valence-corrected chi connectivity index (χ3v) is 15.5. The zero-order valence-corrected chi connectivity index (χ0v) is 38.5. The van der Waals surface area contributed by atoms with E-state index in [-0.39, 0.29) is 16.2 Å². The van der Waals surface area contributed by atoms with Gasteiger partial charge in [0.05, 0.1) is 6.54 Å². The summed E-state index contributed by atoms with van der Waals surface area (Å²) in [6.07, 6.45) is 13.8. The highest BCUT2D eigenvalue weighted by molar-refractivity contribution is 7.19. The molecule has 0 fully saturated rings. The van der Waals surface area contributed by atoms with Gasteiger partial charge < -0.3 is 0 Å². The van der Waals surface area contributed by atoms with E-state index in [1.54, 1.807) is 0 Å². The predicted molar refractivity (Wildman–Crippen MR) is 250 cm³/mol. The van der Waals surface area contributed by atoms with Gasteiger partial charge in [-0.2, -0.15) is 15.0 Å². The van der Waals surface area contributed by atoms with Gasteiger partial charge in [0.2, 0.25) is 0 Å². The average molecular weight is 798 g/mol. The van der Waals surface area contributed by atoms with Crippen LogP contribution in [0.15, 0.2) is 60.7 Å². The first-order valence-electron chi connectivity index (χ1n) is 22.0. The lowest BCUT2D eigenvalue weighted by molar-refractivity contribution is 0.485. The van der Waals surface area contributed by atoms with E-state index in [0.29, 0.717) is 0 Å². The van der Waals surface area contributed by atoms with Gasteiger partial charge in [-0.25, -0.2) is 0 Å². The second-order valence-corrected chi connectivity index (χ2v) is 21.4. The number of hydrogen-bond acceptors (Lipinski definition) is 4. The summed E-state index contributed by atoms with van der Waals surface area (Å²) in [6, 6.07) is 24.0. The Morgan fingerprint density at radius 3 is 1.74 bits per heavy atom. The fraction of sp³-hybridized carbons (Fsp3) is 0.500. The largest absolute Gasteiger partial charge is 0.184 e. The number of aryl methyl sites for hydroxylation is 1. The van der Waals surface area contributed by atoms with Crippen LogP contribution in [-0.2, 0) is 22.8 Å². The van der Waals surface area contributed by atoms with Crippen molar-refractivity contribution in [3.63, 3.8) is 0 Å². The molecule has 1 unspecified atom stereocenters. The van der Waals surface area contributed by atoms with E-state index in [1.807, 2.05) is 27.5 Å². The van der Waals surface area contributed by atoms with E-state index in [9.17, 15) is 0 Å². The monoisotopic (exact) mass is 797 g/mol. The minimum atomic E-state index is -0.00534. The number of unbranched alkanes of at least 4 members (excludes halogenated alkanes) is 8. The molecule has 0 saturated carbocycles. The van der Waals surface area contributed by atoms with Gasteiger partial charge in [0, 0.05) is 36.1 Å². The molecule has 302 valence electrons. The molecule has 3 aromatic carbocycles. The maximum atomic E-state index is 5.32. The third kappa shape index (κ3) is 8.22. The van der Waals surface area contributed by atoms with Crippen molar-refractivity contribution in [1.82, 2.24) is 15.0 Å². The van der Waals surface area contributed by atoms with Crippen LogP contribution in [0.4, 0.5) is 0 Å². The van der Waals surface area contributed by atoms with E-state index in [2.05, 4.69) is 137 Å². The molecule has 0 N–H and O–H groups in total. The molecule has 0 radical (unpaired) electrons. The topological polar surface area (TPSA) is 30.7 Å². The fourth-order valence-electron chi connectivity index (χ4n) is 9.07. The molecule has 7 rings (SSSR count). The Bertz CT molecular complexity index is 2350. The predicted octanol–water partition coefficient (Wildman–Crippen LogP) is 16.4. The van der Waals surface area contributed by atoms with Gasteiger partial charge in [0.1, 0.15) is 11.0 Å². The molecule has 3 heterocycles. The molecule has 0 saturated heterocycles. The number of fused-ring (bicyclic) bond motifs is 4. The number of benzene rings is 3. The molecule has 57 heavy (non-hydrogen) atoms. The third-order valence-electron chi connectivity index (χ3n) is 12.8. The van der Waals surface area contributed by atoms with E-state index < -0.39 is 0 Å². The maximum Gasteiger partial charge on any atom is 0.122 e. The Morgan fingerprint density at radius 1 is 0.579 bits per heavy atom. The van der Waals surface area contributed by atoms with Gasteiger partial charge in [0.25, 0.3) is 0 Å². The minimum Gasteiger partial charge on any atom is -0.184 e. The summed E-state index contributed by atoms with van der Waals surface area (Å²) in [5.41, 5.74) is 16.0. The van der Waals surface area contributed by atoms with E-state index in [4.69, 9.17) is 10.2 Å². The highest BCUT2D eigenvalue weighted by Gasteiger charge is 2.40. The first-order chi connectivity index (χ1) is 27.2. The molecule has 0 bridgehead atoms. The highest BCUT2D eigenvalue weighted by atomic mass is 32.1. The SMILES string of the molecule is CCCCCCCCn1nc2c(-c3ccc(-c4ccc5c(c4)C(C)(CCCCCC)c4cc(C(C)(C)C)ccc4-5)s3)c(C)c(C)c(-c3ccc(C(C)(C)C)s3)c2n1. The van der Waals surface area contributed by atoms with Gasteiger partial charge in [-0.05, 0) is 112 Å². The van der Waals surface area contributed by atoms with Gasteiger partial charge >= 0.3 is 0 Å². The highest BCUT2D eigenvalue weighted by Crippen LogP contribution is 2.54.